The van der Waals surface area contributed by atoms with Crippen LogP contribution in [0.25, 0.3) is 0 Å². The lowest BCUT2D eigenvalue weighted by Crippen LogP contribution is -2.33. The van der Waals surface area contributed by atoms with Gasteiger partial charge in [-0.3, -0.25) is 0 Å². The minimum Gasteiger partial charge on any atom is -0.348 e. The molecule has 0 radical (unpaired) electrons. The molecule has 0 amide bonds. The molecule has 1 saturated heterocycles. The molecule has 2 heterocycles. The van der Waals surface area contributed by atoms with E-state index in [1.165, 1.54) is 48.1 Å². The largest absolute Gasteiger partial charge is 0.348 e. The van der Waals surface area contributed by atoms with E-state index in [4.69, 9.17) is 4.98 Å². The van der Waals surface area contributed by atoms with Gasteiger partial charge in [0.1, 0.15) is 0 Å². The number of hydrogen-bond acceptors (Lipinski definition) is 4. The van der Waals surface area contributed by atoms with Gasteiger partial charge in [0.2, 0.25) is 0 Å². The van der Waals surface area contributed by atoms with Crippen LogP contribution in [0.4, 0.5) is 5.13 Å². The summed E-state index contributed by atoms with van der Waals surface area (Å²) in [5.74, 6) is 0.934. The van der Waals surface area contributed by atoms with Crippen LogP contribution in [0.5, 0.6) is 0 Å². The third kappa shape index (κ3) is 3.04. The second-order valence-corrected chi connectivity index (χ2v) is 6.15. The fourth-order valence-electron chi connectivity index (χ4n) is 2.61. The predicted molar refractivity (Wildman–Crippen MR) is 79.5 cm³/mol. The minimum absolute atomic E-state index is 0.934. The van der Waals surface area contributed by atoms with Gasteiger partial charge in [-0.15, -0.1) is 11.3 Å². The highest BCUT2D eigenvalue weighted by molar-refractivity contribution is 7.15. The molecular formula is C14H25N3S. The van der Waals surface area contributed by atoms with Crippen molar-refractivity contribution in [2.45, 2.75) is 46.1 Å². The molecule has 1 aromatic rings. The van der Waals surface area contributed by atoms with Crippen LogP contribution >= 0.6 is 11.3 Å². The van der Waals surface area contributed by atoms with E-state index < -0.39 is 0 Å². The average Bonchev–Trinajstić information content (AvgIpc) is 2.82. The lowest BCUT2D eigenvalue weighted by atomic mass is 9.95. The Hall–Kier alpha value is -0.610. The second-order valence-electron chi connectivity index (χ2n) is 5.09. The Morgan fingerprint density at radius 2 is 2.06 bits per heavy atom. The number of aryl methyl sites for hydroxylation is 1. The molecule has 0 unspecified atom stereocenters. The highest BCUT2D eigenvalue weighted by atomic mass is 32.1. The van der Waals surface area contributed by atoms with Gasteiger partial charge >= 0.3 is 0 Å². The van der Waals surface area contributed by atoms with Crippen molar-refractivity contribution in [1.29, 1.82) is 0 Å². The average molecular weight is 267 g/mol. The van der Waals surface area contributed by atoms with Crippen molar-refractivity contribution in [3.8, 4) is 0 Å². The number of anilines is 1. The van der Waals surface area contributed by atoms with Crippen molar-refractivity contribution in [2.75, 3.05) is 25.0 Å². The van der Waals surface area contributed by atoms with E-state index in [2.05, 4.69) is 24.1 Å². The van der Waals surface area contributed by atoms with Gasteiger partial charge in [0.25, 0.3) is 0 Å². The van der Waals surface area contributed by atoms with Crippen LogP contribution in [0.3, 0.4) is 0 Å². The molecule has 1 aliphatic heterocycles. The summed E-state index contributed by atoms with van der Waals surface area (Å²) in [5.41, 5.74) is 1.28. The van der Waals surface area contributed by atoms with Crippen LogP contribution in [-0.2, 0) is 13.0 Å². The smallest absolute Gasteiger partial charge is 0.185 e. The summed E-state index contributed by atoms with van der Waals surface area (Å²) >= 11 is 1.88. The third-order valence-electron chi connectivity index (χ3n) is 3.90. The summed E-state index contributed by atoms with van der Waals surface area (Å²) in [5, 5.41) is 4.49. The fraction of sp³-hybridized carbons (Fsp3) is 0.786. The zero-order chi connectivity index (χ0) is 13.0. The molecule has 1 aliphatic rings. The summed E-state index contributed by atoms with van der Waals surface area (Å²) in [6, 6.07) is 0. The molecule has 3 nitrogen and oxygen atoms in total. The van der Waals surface area contributed by atoms with Crippen LogP contribution in [0, 0.1) is 5.92 Å². The van der Waals surface area contributed by atoms with Gasteiger partial charge in [-0.2, -0.15) is 0 Å². The second kappa shape index (κ2) is 6.53. The van der Waals surface area contributed by atoms with Gasteiger partial charge in [-0.1, -0.05) is 20.3 Å². The highest BCUT2D eigenvalue weighted by Crippen LogP contribution is 2.30. The monoisotopic (exact) mass is 267 g/mol. The zero-order valence-electron chi connectivity index (χ0n) is 11.8. The standard InChI is InChI=1S/C14H25N3S/c1-4-11-6-8-17(9-7-11)14-16-12(5-2)13(18-14)10-15-3/h11,15H,4-10H2,1-3H3. The normalized spacial score (nSPS) is 17.4. The van der Waals surface area contributed by atoms with Crippen molar-refractivity contribution < 1.29 is 0 Å². The van der Waals surface area contributed by atoms with Gasteiger partial charge < -0.3 is 10.2 Å². The van der Waals surface area contributed by atoms with Crippen LogP contribution in [0.15, 0.2) is 0 Å². The molecule has 0 bridgehead atoms. The lowest BCUT2D eigenvalue weighted by molar-refractivity contribution is 0.395. The Morgan fingerprint density at radius 3 is 2.61 bits per heavy atom. The molecule has 0 spiro atoms. The quantitative estimate of drug-likeness (QED) is 0.889. The Kier molecular flexibility index (Phi) is 5.01. The molecule has 102 valence electrons. The number of hydrogen-bond donors (Lipinski definition) is 1. The topological polar surface area (TPSA) is 28.2 Å². The molecule has 1 N–H and O–H groups in total. The first-order valence-electron chi connectivity index (χ1n) is 7.16. The molecule has 0 aromatic carbocycles. The lowest BCUT2D eigenvalue weighted by Gasteiger charge is -2.31. The van der Waals surface area contributed by atoms with Crippen molar-refractivity contribution >= 4 is 16.5 Å². The zero-order valence-corrected chi connectivity index (χ0v) is 12.6. The predicted octanol–water partition coefficient (Wildman–Crippen LogP) is 3.05. The maximum Gasteiger partial charge on any atom is 0.185 e. The molecule has 1 aromatic heterocycles. The maximum atomic E-state index is 4.83. The Labute approximate surface area is 115 Å². The van der Waals surface area contributed by atoms with Crippen molar-refractivity contribution in [3.05, 3.63) is 10.6 Å². The van der Waals surface area contributed by atoms with Crippen LogP contribution in [-0.4, -0.2) is 25.1 Å². The van der Waals surface area contributed by atoms with Gasteiger partial charge in [-0.25, -0.2) is 4.98 Å². The molecular weight excluding hydrogens is 242 g/mol. The van der Waals surface area contributed by atoms with E-state index in [0.29, 0.717) is 0 Å². The van der Waals surface area contributed by atoms with E-state index in [9.17, 15) is 0 Å². The highest BCUT2D eigenvalue weighted by Gasteiger charge is 2.21. The first kappa shape index (κ1) is 13.8. The number of nitrogens with zero attached hydrogens (tertiary/aromatic N) is 2. The van der Waals surface area contributed by atoms with Gasteiger partial charge in [-0.05, 0) is 32.2 Å². The molecule has 18 heavy (non-hydrogen) atoms. The van der Waals surface area contributed by atoms with E-state index in [0.717, 1.165) is 18.9 Å². The Balaban J connectivity index is 2.05. The number of aromatic nitrogens is 1. The van der Waals surface area contributed by atoms with Crippen LogP contribution in [0.2, 0.25) is 0 Å². The van der Waals surface area contributed by atoms with Gasteiger partial charge in [0.15, 0.2) is 5.13 Å². The number of piperidine rings is 1. The Bertz CT molecular complexity index is 367. The van der Waals surface area contributed by atoms with Crippen LogP contribution in [0.1, 0.15) is 43.7 Å². The molecule has 4 heteroatoms. The third-order valence-corrected chi connectivity index (χ3v) is 5.06. The van der Waals surface area contributed by atoms with Crippen molar-refractivity contribution in [2.24, 2.45) is 5.92 Å². The summed E-state index contributed by atoms with van der Waals surface area (Å²) in [7, 11) is 2.01. The van der Waals surface area contributed by atoms with E-state index >= 15 is 0 Å². The maximum absolute atomic E-state index is 4.83. The van der Waals surface area contributed by atoms with Gasteiger partial charge in [0.05, 0.1) is 5.69 Å². The number of rotatable bonds is 5. The van der Waals surface area contributed by atoms with E-state index in [1.807, 2.05) is 18.4 Å². The van der Waals surface area contributed by atoms with E-state index in [1.54, 1.807) is 0 Å². The van der Waals surface area contributed by atoms with Gasteiger partial charge in [0, 0.05) is 24.5 Å². The summed E-state index contributed by atoms with van der Waals surface area (Å²) in [6.07, 6.45) is 5.04. The number of nitrogens with one attached hydrogen (secondary N) is 1. The molecule has 2 rings (SSSR count). The summed E-state index contributed by atoms with van der Waals surface area (Å²) in [6.45, 7) is 7.83. The summed E-state index contributed by atoms with van der Waals surface area (Å²) in [4.78, 5) is 8.72. The first-order valence-corrected chi connectivity index (χ1v) is 7.98. The SMILES string of the molecule is CCc1nc(N2CCC(CC)CC2)sc1CNC. The molecule has 1 fully saturated rings. The number of thiazole rings is 1. The molecule has 0 aliphatic carbocycles. The van der Waals surface area contributed by atoms with Crippen LogP contribution < -0.4 is 10.2 Å². The van der Waals surface area contributed by atoms with E-state index in [-0.39, 0.29) is 0 Å². The fourth-order valence-corrected chi connectivity index (χ4v) is 3.82. The molecule has 0 saturated carbocycles. The first-order chi connectivity index (χ1) is 8.78. The summed E-state index contributed by atoms with van der Waals surface area (Å²) < 4.78 is 0. The molecule has 0 atom stereocenters. The van der Waals surface area contributed by atoms with Crippen molar-refractivity contribution in [3.63, 3.8) is 0 Å². The Morgan fingerprint density at radius 1 is 1.33 bits per heavy atom. The van der Waals surface area contributed by atoms with Crippen molar-refractivity contribution in [1.82, 2.24) is 10.3 Å². The minimum atomic E-state index is 0.934.